The minimum absolute atomic E-state index is 0.0428. The van der Waals surface area contributed by atoms with Crippen LogP contribution in [0.3, 0.4) is 0 Å². The Bertz CT molecular complexity index is 972. The molecule has 1 aromatic heterocycles. The smallest absolute Gasteiger partial charge is 0.248 e. The molecule has 6 nitrogen and oxygen atoms in total. The average molecular weight is 462 g/mol. The molecule has 1 heterocycles. The Labute approximate surface area is 175 Å². The number of benzene rings is 2. The Balaban J connectivity index is 1.45. The van der Waals surface area contributed by atoms with Crippen LogP contribution in [0.5, 0.6) is 0 Å². The van der Waals surface area contributed by atoms with Crippen molar-refractivity contribution in [2.24, 2.45) is 0 Å². The molecule has 0 radical (unpaired) electrons. The van der Waals surface area contributed by atoms with E-state index < -0.39 is 0 Å². The fourth-order valence-corrected chi connectivity index (χ4v) is 3.96. The number of aryl methyl sites for hydroxylation is 1. The van der Waals surface area contributed by atoms with Gasteiger partial charge in [0.25, 0.3) is 0 Å². The number of nitrogens with zero attached hydrogens (tertiary/aromatic N) is 2. The van der Waals surface area contributed by atoms with Gasteiger partial charge in [0.15, 0.2) is 0 Å². The van der Waals surface area contributed by atoms with Gasteiger partial charge in [-0.2, -0.15) is 0 Å². The van der Waals surface area contributed by atoms with Crippen molar-refractivity contribution in [3.05, 3.63) is 57.5 Å². The van der Waals surface area contributed by atoms with E-state index in [2.05, 4.69) is 26.2 Å². The van der Waals surface area contributed by atoms with Crippen LogP contribution in [0.15, 0.2) is 46.9 Å². The van der Waals surface area contributed by atoms with Crippen LogP contribution in [-0.4, -0.2) is 41.9 Å². The molecule has 0 aliphatic rings. The van der Waals surface area contributed by atoms with E-state index in [9.17, 15) is 9.59 Å². The second kappa shape index (κ2) is 9.27. The number of anilines is 1. The van der Waals surface area contributed by atoms with Crippen LogP contribution >= 0.6 is 27.3 Å². The Morgan fingerprint density at radius 2 is 2.04 bits per heavy atom. The number of fused-ring (bicyclic) bond motifs is 1. The van der Waals surface area contributed by atoms with Crippen molar-refractivity contribution < 1.29 is 14.3 Å². The van der Waals surface area contributed by atoms with Gasteiger partial charge in [0.05, 0.1) is 23.4 Å². The van der Waals surface area contributed by atoms with Crippen LogP contribution in [0, 0.1) is 6.92 Å². The van der Waals surface area contributed by atoms with Gasteiger partial charge in [0.2, 0.25) is 11.8 Å². The predicted molar refractivity (Wildman–Crippen MR) is 114 cm³/mol. The summed E-state index contributed by atoms with van der Waals surface area (Å²) in [6, 6.07) is 13.4. The molecule has 3 aromatic rings. The van der Waals surface area contributed by atoms with Gasteiger partial charge in [-0.05, 0) is 42.8 Å². The first kappa shape index (κ1) is 20.4. The molecule has 0 bridgehead atoms. The molecule has 0 spiro atoms. The quantitative estimate of drug-likeness (QED) is 0.577. The lowest BCUT2D eigenvalue weighted by molar-refractivity contribution is -0.137. The highest BCUT2D eigenvalue weighted by molar-refractivity contribution is 9.10. The van der Waals surface area contributed by atoms with E-state index in [0.717, 1.165) is 30.9 Å². The number of ether oxygens (including phenoxy) is 1. The van der Waals surface area contributed by atoms with Gasteiger partial charge >= 0.3 is 0 Å². The van der Waals surface area contributed by atoms with Gasteiger partial charge in [0.1, 0.15) is 11.6 Å². The number of amides is 2. The van der Waals surface area contributed by atoms with Gasteiger partial charge in [-0.15, -0.1) is 11.3 Å². The molecule has 1 N–H and O–H groups in total. The predicted octanol–water partition coefficient (Wildman–Crippen LogP) is 3.98. The number of carbonyl (C=O) groups excluding carboxylic acids is 2. The zero-order valence-corrected chi connectivity index (χ0v) is 18.0. The third-order valence-electron chi connectivity index (χ3n) is 4.06. The minimum Gasteiger partial charge on any atom is -0.364 e. The Morgan fingerprint density at radius 1 is 1.25 bits per heavy atom. The first-order valence-corrected chi connectivity index (χ1v) is 10.3. The molecule has 0 atom stereocenters. The molecule has 146 valence electrons. The molecule has 0 saturated carbocycles. The van der Waals surface area contributed by atoms with Gasteiger partial charge in [-0.3, -0.25) is 9.59 Å². The van der Waals surface area contributed by atoms with Crippen LogP contribution in [-0.2, 0) is 20.9 Å². The summed E-state index contributed by atoms with van der Waals surface area (Å²) in [5.74, 6) is -0.517. The van der Waals surface area contributed by atoms with Crippen LogP contribution in [0.1, 0.15) is 10.6 Å². The van der Waals surface area contributed by atoms with E-state index in [-0.39, 0.29) is 31.6 Å². The van der Waals surface area contributed by atoms with E-state index in [1.54, 1.807) is 18.4 Å². The maximum Gasteiger partial charge on any atom is 0.248 e. The summed E-state index contributed by atoms with van der Waals surface area (Å²) in [5.41, 5.74) is 2.59. The summed E-state index contributed by atoms with van der Waals surface area (Å²) >= 11 is 4.93. The molecular weight excluding hydrogens is 442 g/mol. The maximum absolute atomic E-state index is 12.2. The van der Waals surface area contributed by atoms with Crippen molar-refractivity contribution in [2.75, 3.05) is 25.5 Å². The number of aromatic nitrogens is 1. The number of para-hydroxylation sites is 1. The molecule has 3 rings (SSSR count). The number of carbonyl (C=O) groups is 2. The van der Waals surface area contributed by atoms with E-state index in [1.165, 1.54) is 4.90 Å². The number of rotatable bonds is 7. The zero-order chi connectivity index (χ0) is 20.1. The molecule has 0 aliphatic heterocycles. The second-order valence-electron chi connectivity index (χ2n) is 6.33. The second-order valence-corrected chi connectivity index (χ2v) is 8.36. The highest BCUT2D eigenvalue weighted by Gasteiger charge is 2.14. The normalized spacial score (nSPS) is 10.8. The molecular formula is C20H20BrN3O3S. The van der Waals surface area contributed by atoms with Crippen molar-refractivity contribution >= 4 is 55.0 Å². The van der Waals surface area contributed by atoms with Crippen LogP contribution in [0.25, 0.3) is 10.2 Å². The molecule has 0 aliphatic carbocycles. The SMILES string of the molecule is Cc1cc(Br)ccc1NC(=O)CN(C)C(=O)COCc1nc2ccccc2s1. The van der Waals surface area contributed by atoms with Gasteiger partial charge < -0.3 is 15.0 Å². The van der Waals surface area contributed by atoms with E-state index in [1.807, 2.05) is 49.4 Å². The average Bonchev–Trinajstić information content (AvgIpc) is 3.06. The zero-order valence-electron chi connectivity index (χ0n) is 15.6. The van der Waals surface area contributed by atoms with Crippen LogP contribution in [0.2, 0.25) is 0 Å². The van der Waals surface area contributed by atoms with Gasteiger partial charge in [-0.25, -0.2) is 4.98 Å². The third kappa shape index (κ3) is 5.37. The lowest BCUT2D eigenvalue weighted by Crippen LogP contribution is -2.37. The lowest BCUT2D eigenvalue weighted by atomic mass is 10.2. The van der Waals surface area contributed by atoms with Crippen LogP contribution in [0.4, 0.5) is 5.69 Å². The number of nitrogens with one attached hydrogen (secondary N) is 1. The molecule has 0 unspecified atom stereocenters. The van der Waals surface area contributed by atoms with Crippen molar-refractivity contribution in [1.82, 2.24) is 9.88 Å². The number of likely N-dealkylation sites (N-methyl/N-ethyl adjacent to an activating group) is 1. The number of hydrogen-bond acceptors (Lipinski definition) is 5. The van der Waals surface area contributed by atoms with Crippen molar-refractivity contribution in [2.45, 2.75) is 13.5 Å². The molecule has 28 heavy (non-hydrogen) atoms. The molecule has 0 fully saturated rings. The molecule has 8 heteroatoms. The summed E-state index contributed by atoms with van der Waals surface area (Å²) in [7, 11) is 1.58. The van der Waals surface area contributed by atoms with E-state index in [4.69, 9.17) is 4.74 Å². The Hall–Kier alpha value is -2.29. The Morgan fingerprint density at radius 3 is 2.79 bits per heavy atom. The summed E-state index contributed by atoms with van der Waals surface area (Å²) in [6.07, 6.45) is 0. The number of hydrogen-bond donors (Lipinski definition) is 1. The number of thiazole rings is 1. The summed E-state index contributed by atoms with van der Waals surface area (Å²) in [4.78, 5) is 30.2. The number of halogens is 1. The minimum atomic E-state index is -0.260. The lowest BCUT2D eigenvalue weighted by Gasteiger charge is -2.17. The first-order chi connectivity index (χ1) is 13.4. The van der Waals surface area contributed by atoms with Crippen molar-refractivity contribution in [3.63, 3.8) is 0 Å². The summed E-state index contributed by atoms with van der Waals surface area (Å²) in [5, 5.41) is 3.64. The van der Waals surface area contributed by atoms with Gasteiger partial charge in [0, 0.05) is 17.2 Å². The standard InChI is InChI=1S/C20H20BrN3O3S/c1-13-9-14(21)7-8-15(13)22-18(25)10-24(2)20(26)12-27-11-19-23-16-5-3-4-6-17(16)28-19/h3-9H,10-12H2,1-2H3,(H,22,25). The summed E-state index contributed by atoms with van der Waals surface area (Å²) < 4.78 is 7.52. The maximum atomic E-state index is 12.2. The highest BCUT2D eigenvalue weighted by atomic mass is 79.9. The van der Waals surface area contributed by atoms with Crippen molar-refractivity contribution in [1.29, 1.82) is 0 Å². The van der Waals surface area contributed by atoms with E-state index in [0.29, 0.717) is 0 Å². The molecule has 2 amide bonds. The van der Waals surface area contributed by atoms with Gasteiger partial charge in [-0.1, -0.05) is 28.1 Å². The molecule has 0 saturated heterocycles. The van der Waals surface area contributed by atoms with Crippen molar-refractivity contribution in [3.8, 4) is 0 Å². The fraction of sp³-hybridized carbons (Fsp3) is 0.250. The summed E-state index contributed by atoms with van der Waals surface area (Å²) in [6.45, 7) is 2.03. The molecule has 2 aromatic carbocycles. The van der Waals surface area contributed by atoms with E-state index >= 15 is 0 Å². The monoisotopic (exact) mass is 461 g/mol. The Kier molecular flexibility index (Phi) is 6.77. The fourth-order valence-electron chi connectivity index (χ4n) is 2.58. The topological polar surface area (TPSA) is 71.5 Å². The first-order valence-electron chi connectivity index (χ1n) is 8.64. The van der Waals surface area contributed by atoms with Crippen LogP contribution < -0.4 is 5.32 Å². The third-order valence-corrected chi connectivity index (χ3v) is 5.56. The highest BCUT2D eigenvalue weighted by Crippen LogP contribution is 2.22. The largest absolute Gasteiger partial charge is 0.364 e.